The Morgan fingerprint density at radius 3 is 2.38 bits per heavy atom. The van der Waals surface area contributed by atoms with Crippen LogP contribution in [0.2, 0.25) is 0 Å². The number of fused-ring (bicyclic) bond motifs is 1. The molecule has 0 aliphatic carbocycles. The van der Waals surface area contributed by atoms with Gasteiger partial charge in [-0.15, -0.1) is 0 Å². The monoisotopic (exact) mass is 218 g/mol. The number of aliphatic hydroxyl groups excluding tert-OH is 1. The third-order valence-corrected chi connectivity index (χ3v) is 2.38. The van der Waals surface area contributed by atoms with Gasteiger partial charge in [0.25, 0.3) is 0 Å². The molecule has 0 radical (unpaired) electrons. The van der Waals surface area contributed by atoms with Gasteiger partial charge in [-0.3, -0.25) is 0 Å². The lowest BCUT2D eigenvalue weighted by Gasteiger charge is -2.06. The van der Waals surface area contributed by atoms with E-state index in [0.29, 0.717) is 6.61 Å². The largest absolute Gasteiger partial charge is 0.497 e. The zero-order chi connectivity index (χ0) is 11.4. The van der Waals surface area contributed by atoms with Crippen molar-refractivity contribution in [2.24, 2.45) is 0 Å². The number of rotatable bonds is 4. The van der Waals surface area contributed by atoms with Crippen LogP contribution in [0.25, 0.3) is 10.8 Å². The minimum Gasteiger partial charge on any atom is -0.497 e. The van der Waals surface area contributed by atoms with Crippen molar-refractivity contribution in [3.8, 4) is 11.5 Å². The number of ether oxygens (including phenoxy) is 2. The third-order valence-electron chi connectivity index (χ3n) is 2.38. The third kappa shape index (κ3) is 2.25. The van der Waals surface area contributed by atoms with Gasteiger partial charge in [0, 0.05) is 0 Å². The topological polar surface area (TPSA) is 38.7 Å². The van der Waals surface area contributed by atoms with Gasteiger partial charge in [-0.2, -0.15) is 0 Å². The first-order valence-corrected chi connectivity index (χ1v) is 5.15. The molecule has 0 heterocycles. The van der Waals surface area contributed by atoms with Crippen LogP contribution in [-0.4, -0.2) is 25.4 Å². The standard InChI is InChI=1S/C13H14O3/c1-15-12-4-2-10-3-5-13(16-7-6-14)9-11(10)8-12/h2-5,8-9,14H,6-7H2,1H3. The van der Waals surface area contributed by atoms with Crippen molar-refractivity contribution < 1.29 is 14.6 Å². The summed E-state index contributed by atoms with van der Waals surface area (Å²) in [6.07, 6.45) is 0. The van der Waals surface area contributed by atoms with Crippen molar-refractivity contribution >= 4 is 10.8 Å². The van der Waals surface area contributed by atoms with Crippen LogP contribution in [0.15, 0.2) is 36.4 Å². The second-order valence-corrected chi connectivity index (χ2v) is 3.45. The van der Waals surface area contributed by atoms with Gasteiger partial charge < -0.3 is 14.6 Å². The first kappa shape index (κ1) is 10.8. The molecule has 0 bridgehead atoms. The van der Waals surface area contributed by atoms with E-state index in [0.717, 1.165) is 22.3 Å². The Balaban J connectivity index is 2.35. The lowest BCUT2D eigenvalue weighted by atomic mass is 10.1. The molecule has 0 saturated carbocycles. The van der Waals surface area contributed by atoms with Crippen LogP contribution in [0, 0.1) is 0 Å². The first-order valence-electron chi connectivity index (χ1n) is 5.15. The number of benzene rings is 2. The maximum absolute atomic E-state index is 8.68. The second-order valence-electron chi connectivity index (χ2n) is 3.45. The van der Waals surface area contributed by atoms with E-state index < -0.39 is 0 Å². The van der Waals surface area contributed by atoms with E-state index in [1.165, 1.54) is 0 Å². The average molecular weight is 218 g/mol. The molecule has 84 valence electrons. The Bertz CT molecular complexity index is 480. The van der Waals surface area contributed by atoms with Gasteiger partial charge in [-0.1, -0.05) is 12.1 Å². The molecule has 0 spiro atoms. The molecule has 0 aliphatic heterocycles. The van der Waals surface area contributed by atoms with E-state index in [2.05, 4.69) is 0 Å². The van der Waals surface area contributed by atoms with Crippen molar-refractivity contribution in [1.29, 1.82) is 0 Å². The van der Waals surface area contributed by atoms with Gasteiger partial charge in [0.15, 0.2) is 0 Å². The van der Waals surface area contributed by atoms with Gasteiger partial charge >= 0.3 is 0 Å². The summed E-state index contributed by atoms with van der Waals surface area (Å²) in [6.45, 7) is 0.339. The zero-order valence-electron chi connectivity index (χ0n) is 9.14. The number of hydrogen-bond acceptors (Lipinski definition) is 3. The summed E-state index contributed by atoms with van der Waals surface area (Å²) >= 11 is 0. The molecule has 2 aromatic rings. The van der Waals surface area contributed by atoms with Gasteiger partial charge in [-0.25, -0.2) is 0 Å². The van der Waals surface area contributed by atoms with Crippen LogP contribution in [0.3, 0.4) is 0 Å². The molecule has 0 amide bonds. The second kappa shape index (κ2) is 4.86. The summed E-state index contributed by atoms with van der Waals surface area (Å²) in [7, 11) is 1.65. The van der Waals surface area contributed by atoms with E-state index in [9.17, 15) is 0 Å². The van der Waals surface area contributed by atoms with Crippen LogP contribution in [-0.2, 0) is 0 Å². The van der Waals surface area contributed by atoms with Crippen molar-refractivity contribution in [3.63, 3.8) is 0 Å². The van der Waals surface area contributed by atoms with Crippen molar-refractivity contribution in [1.82, 2.24) is 0 Å². The molecule has 1 N–H and O–H groups in total. The van der Waals surface area contributed by atoms with Crippen LogP contribution < -0.4 is 9.47 Å². The molecule has 3 heteroatoms. The predicted molar refractivity (Wildman–Crippen MR) is 63.1 cm³/mol. The summed E-state index contributed by atoms with van der Waals surface area (Å²) in [5.41, 5.74) is 0. The van der Waals surface area contributed by atoms with E-state index in [4.69, 9.17) is 14.6 Å². The molecule has 16 heavy (non-hydrogen) atoms. The molecule has 0 aromatic heterocycles. The fraction of sp³-hybridized carbons (Fsp3) is 0.231. The Hall–Kier alpha value is -1.74. The van der Waals surface area contributed by atoms with Crippen LogP contribution in [0.4, 0.5) is 0 Å². The van der Waals surface area contributed by atoms with Gasteiger partial charge in [0.2, 0.25) is 0 Å². The highest BCUT2D eigenvalue weighted by Crippen LogP contribution is 2.24. The number of aliphatic hydroxyl groups is 1. The Kier molecular flexibility index (Phi) is 3.27. The van der Waals surface area contributed by atoms with Crippen LogP contribution in [0.1, 0.15) is 0 Å². The van der Waals surface area contributed by atoms with E-state index >= 15 is 0 Å². The smallest absolute Gasteiger partial charge is 0.120 e. The molecule has 0 saturated heterocycles. The molecular formula is C13H14O3. The van der Waals surface area contributed by atoms with E-state index in [-0.39, 0.29) is 6.61 Å². The summed E-state index contributed by atoms with van der Waals surface area (Å²) < 4.78 is 10.5. The SMILES string of the molecule is COc1ccc2ccc(OCCO)cc2c1. The molecule has 0 fully saturated rings. The minimum atomic E-state index is 0.0240. The van der Waals surface area contributed by atoms with Crippen molar-refractivity contribution in [2.45, 2.75) is 0 Å². The quantitative estimate of drug-likeness (QED) is 0.855. The van der Waals surface area contributed by atoms with Gasteiger partial charge in [-0.05, 0) is 35.0 Å². The molecule has 0 unspecified atom stereocenters. The van der Waals surface area contributed by atoms with E-state index in [1.54, 1.807) is 7.11 Å². The Labute approximate surface area is 94.2 Å². The van der Waals surface area contributed by atoms with Crippen molar-refractivity contribution in [3.05, 3.63) is 36.4 Å². The molecule has 2 rings (SSSR count). The first-order chi connectivity index (χ1) is 7.83. The van der Waals surface area contributed by atoms with Crippen LogP contribution >= 0.6 is 0 Å². The lowest BCUT2D eigenvalue weighted by molar-refractivity contribution is 0.201. The summed E-state index contributed by atoms with van der Waals surface area (Å²) in [5.74, 6) is 1.58. The fourth-order valence-electron chi connectivity index (χ4n) is 1.58. The Morgan fingerprint density at radius 1 is 1.00 bits per heavy atom. The highest BCUT2D eigenvalue weighted by atomic mass is 16.5. The van der Waals surface area contributed by atoms with Gasteiger partial charge in [0.1, 0.15) is 18.1 Å². The lowest BCUT2D eigenvalue weighted by Crippen LogP contribution is -2.01. The Morgan fingerprint density at radius 2 is 1.69 bits per heavy atom. The normalized spacial score (nSPS) is 10.4. The summed E-state index contributed by atoms with van der Waals surface area (Å²) in [4.78, 5) is 0. The maximum Gasteiger partial charge on any atom is 0.120 e. The maximum atomic E-state index is 8.68. The molecular weight excluding hydrogens is 204 g/mol. The van der Waals surface area contributed by atoms with Gasteiger partial charge in [0.05, 0.1) is 13.7 Å². The number of hydrogen-bond donors (Lipinski definition) is 1. The summed E-state index contributed by atoms with van der Waals surface area (Å²) in [5, 5.41) is 10.9. The van der Waals surface area contributed by atoms with Crippen molar-refractivity contribution in [2.75, 3.05) is 20.3 Å². The van der Waals surface area contributed by atoms with Crippen LogP contribution in [0.5, 0.6) is 11.5 Å². The fourth-order valence-corrected chi connectivity index (χ4v) is 1.58. The molecule has 0 atom stereocenters. The average Bonchev–Trinajstić information content (AvgIpc) is 2.35. The molecule has 2 aromatic carbocycles. The molecule has 0 aliphatic rings. The highest BCUT2D eigenvalue weighted by Gasteiger charge is 1.99. The minimum absolute atomic E-state index is 0.0240. The zero-order valence-corrected chi connectivity index (χ0v) is 9.14. The predicted octanol–water partition coefficient (Wildman–Crippen LogP) is 2.22. The molecule has 3 nitrogen and oxygen atoms in total. The number of methoxy groups -OCH3 is 1. The highest BCUT2D eigenvalue weighted by molar-refractivity contribution is 5.85. The summed E-state index contributed by atoms with van der Waals surface area (Å²) in [6, 6.07) is 11.7. The van der Waals surface area contributed by atoms with E-state index in [1.807, 2.05) is 36.4 Å².